The second-order valence-corrected chi connectivity index (χ2v) is 6.98. The number of morpholine rings is 1. The summed E-state index contributed by atoms with van der Waals surface area (Å²) in [5.74, 6) is 0. The van der Waals surface area contributed by atoms with Crippen LogP contribution < -0.4 is 5.32 Å². The molecule has 21 heavy (non-hydrogen) atoms. The molecule has 0 spiro atoms. The summed E-state index contributed by atoms with van der Waals surface area (Å²) in [6.45, 7) is 9.35. The van der Waals surface area contributed by atoms with E-state index in [9.17, 15) is 0 Å². The molecule has 1 heterocycles. The van der Waals surface area contributed by atoms with Gasteiger partial charge in [0.15, 0.2) is 0 Å². The van der Waals surface area contributed by atoms with Gasteiger partial charge in [-0.05, 0) is 25.2 Å². The van der Waals surface area contributed by atoms with Gasteiger partial charge in [0.25, 0.3) is 0 Å². The third kappa shape index (κ3) is 5.51. The number of ether oxygens (including phenoxy) is 2. The summed E-state index contributed by atoms with van der Waals surface area (Å²) >= 11 is 0. The first kappa shape index (κ1) is 17.2. The van der Waals surface area contributed by atoms with Gasteiger partial charge in [0, 0.05) is 39.3 Å². The van der Waals surface area contributed by atoms with E-state index in [2.05, 4.69) is 17.1 Å². The van der Waals surface area contributed by atoms with Gasteiger partial charge in [-0.25, -0.2) is 0 Å². The first-order valence-electron chi connectivity index (χ1n) is 8.77. The summed E-state index contributed by atoms with van der Waals surface area (Å²) in [4.78, 5) is 2.66. The SMILES string of the molecule is COCCNCC1(CN2CCOCC2C)CCCCCC1. The molecule has 0 aromatic heterocycles. The summed E-state index contributed by atoms with van der Waals surface area (Å²) in [5, 5.41) is 3.65. The molecule has 2 rings (SSSR count). The highest BCUT2D eigenvalue weighted by atomic mass is 16.5. The van der Waals surface area contributed by atoms with Crippen LogP contribution in [0.5, 0.6) is 0 Å². The fourth-order valence-corrected chi connectivity index (χ4v) is 3.82. The minimum Gasteiger partial charge on any atom is -0.383 e. The van der Waals surface area contributed by atoms with E-state index in [0.29, 0.717) is 11.5 Å². The van der Waals surface area contributed by atoms with Gasteiger partial charge in [-0.3, -0.25) is 4.90 Å². The largest absolute Gasteiger partial charge is 0.383 e. The van der Waals surface area contributed by atoms with Gasteiger partial charge in [-0.15, -0.1) is 0 Å². The number of methoxy groups -OCH3 is 1. The maximum Gasteiger partial charge on any atom is 0.0619 e. The predicted molar refractivity (Wildman–Crippen MR) is 86.7 cm³/mol. The number of nitrogens with zero attached hydrogens (tertiary/aromatic N) is 1. The van der Waals surface area contributed by atoms with E-state index in [4.69, 9.17) is 9.47 Å². The molecule has 1 atom stereocenters. The molecular weight excluding hydrogens is 264 g/mol. The van der Waals surface area contributed by atoms with Crippen LogP contribution in [0.15, 0.2) is 0 Å². The third-order valence-electron chi connectivity index (χ3n) is 5.19. The smallest absolute Gasteiger partial charge is 0.0619 e. The normalized spacial score (nSPS) is 27.4. The zero-order valence-corrected chi connectivity index (χ0v) is 14.0. The highest BCUT2D eigenvalue weighted by Gasteiger charge is 2.34. The minimum atomic E-state index is 0.454. The molecule has 0 radical (unpaired) electrons. The van der Waals surface area contributed by atoms with Crippen LogP contribution >= 0.6 is 0 Å². The van der Waals surface area contributed by atoms with Gasteiger partial charge in [0.2, 0.25) is 0 Å². The van der Waals surface area contributed by atoms with Crippen LogP contribution in [0, 0.1) is 5.41 Å². The van der Waals surface area contributed by atoms with Crippen molar-refractivity contribution in [2.45, 2.75) is 51.5 Å². The van der Waals surface area contributed by atoms with Crippen LogP contribution in [0.1, 0.15) is 45.4 Å². The second-order valence-electron chi connectivity index (χ2n) is 6.98. The average Bonchev–Trinajstić information content (AvgIpc) is 2.72. The van der Waals surface area contributed by atoms with Crippen molar-refractivity contribution in [3.63, 3.8) is 0 Å². The summed E-state index contributed by atoms with van der Waals surface area (Å²) in [6, 6.07) is 0.567. The number of hydrogen-bond acceptors (Lipinski definition) is 4. The first-order valence-corrected chi connectivity index (χ1v) is 8.77. The van der Waals surface area contributed by atoms with E-state index in [1.807, 2.05) is 0 Å². The van der Waals surface area contributed by atoms with E-state index in [0.717, 1.165) is 39.5 Å². The quantitative estimate of drug-likeness (QED) is 0.577. The molecule has 1 saturated carbocycles. The molecule has 0 aromatic carbocycles. The summed E-state index contributed by atoms with van der Waals surface area (Å²) in [6.07, 6.45) is 8.36. The van der Waals surface area contributed by atoms with E-state index < -0.39 is 0 Å². The van der Waals surface area contributed by atoms with Crippen LogP contribution in [-0.4, -0.2) is 64.1 Å². The van der Waals surface area contributed by atoms with Crippen LogP contribution in [0.2, 0.25) is 0 Å². The standard InChI is InChI=1S/C17H34N2O2/c1-16-13-21-12-10-19(16)15-17(14-18-9-11-20-2)7-5-3-4-6-8-17/h16,18H,3-15H2,1-2H3. The molecule has 4 heteroatoms. The van der Waals surface area contributed by atoms with Gasteiger partial charge in [0.1, 0.15) is 0 Å². The van der Waals surface area contributed by atoms with Crippen molar-refractivity contribution in [3.05, 3.63) is 0 Å². The van der Waals surface area contributed by atoms with Crippen LogP contribution in [0.3, 0.4) is 0 Å². The Balaban J connectivity index is 1.92. The van der Waals surface area contributed by atoms with Crippen molar-refractivity contribution in [3.8, 4) is 0 Å². The summed E-state index contributed by atoms with van der Waals surface area (Å²) < 4.78 is 10.8. The maximum absolute atomic E-state index is 5.60. The molecular formula is C17H34N2O2. The van der Waals surface area contributed by atoms with Crippen LogP contribution in [-0.2, 0) is 9.47 Å². The molecule has 2 aliphatic rings. The Kier molecular flexibility index (Phi) is 7.44. The molecule has 1 aliphatic heterocycles. The molecule has 1 unspecified atom stereocenters. The van der Waals surface area contributed by atoms with E-state index in [1.54, 1.807) is 7.11 Å². The first-order chi connectivity index (χ1) is 10.3. The van der Waals surface area contributed by atoms with Gasteiger partial charge in [-0.1, -0.05) is 25.7 Å². The Labute approximate surface area is 130 Å². The Morgan fingerprint density at radius 1 is 1.24 bits per heavy atom. The Morgan fingerprint density at radius 2 is 2.00 bits per heavy atom. The number of nitrogens with one attached hydrogen (secondary N) is 1. The fraction of sp³-hybridized carbons (Fsp3) is 1.00. The minimum absolute atomic E-state index is 0.454. The van der Waals surface area contributed by atoms with E-state index >= 15 is 0 Å². The topological polar surface area (TPSA) is 33.7 Å². The lowest BCUT2D eigenvalue weighted by atomic mass is 9.79. The maximum atomic E-state index is 5.60. The van der Waals surface area contributed by atoms with E-state index in [-0.39, 0.29) is 0 Å². The molecule has 1 aliphatic carbocycles. The molecule has 1 saturated heterocycles. The Morgan fingerprint density at radius 3 is 2.67 bits per heavy atom. The van der Waals surface area contributed by atoms with Gasteiger partial charge in [0.05, 0.1) is 19.8 Å². The average molecular weight is 298 g/mol. The fourth-order valence-electron chi connectivity index (χ4n) is 3.82. The molecule has 0 amide bonds. The van der Waals surface area contributed by atoms with E-state index in [1.165, 1.54) is 45.1 Å². The zero-order chi connectivity index (χ0) is 15.0. The lowest BCUT2D eigenvalue weighted by Crippen LogP contribution is -2.51. The highest BCUT2D eigenvalue weighted by Crippen LogP contribution is 2.36. The molecule has 0 bridgehead atoms. The highest BCUT2D eigenvalue weighted by molar-refractivity contribution is 4.89. The lowest BCUT2D eigenvalue weighted by Gasteiger charge is -2.42. The Bertz CT molecular complexity index is 278. The van der Waals surface area contributed by atoms with Crippen molar-refractivity contribution in [1.29, 1.82) is 0 Å². The predicted octanol–water partition coefficient (Wildman–Crippen LogP) is 2.28. The third-order valence-corrected chi connectivity index (χ3v) is 5.19. The van der Waals surface area contributed by atoms with Crippen molar-refractivity contribution >= 4 is 0 Å². The lowest BCUT2D eigenvalue weighted by molar-refractivity contribution is -0.0233. The van der Waals surface area contributed by atoms with Crippen LogP contribution in [0.25, 0.3) is 0 Å². The summed E-state index contributed by atoms with van der Waals surface area (Å²) in [7, 11) is 1.78. The van der Waals surface area contributed by atoms with Crippen molar-refractivity contribution in [2.75, 3.05) is 53.1 Å². The molecule has 1 N–H and O–H groups in total. The van der Waals surface area contributed by atoms with Crippen molar-refractivity contribution < 1.29 is 9.47 Å². The number of hydrogen-bond donors (Lipinski definition) is 1. The van der Waals surface area contributed by atoms with Crippen molar-refractivity contribution in [2.24, 2.45) is 5.41 Å². The van der Waals surface area contributed by atoms with Gasteiger partial charge >= 0.3 is 0 Å². The molecule has 124 valence electrons. The molecule has 2 fully saturated rings. The van der Waals surface area contributed by atoms with Gasteiger partial charge in [-0.2, -0.15) is 0 Å². The molecule has 0 aromatic rings. The molecule has 4 nitrogen and oxygen atoms in total. The number of rotatable bonds is 7. The summed E-state index contributed by atoms with van der Waals surface area (Å²) in [5.41, 5.74) is 0.454. The monoisotopic (exact) mass is 298 g/mol. The Hall–Kier alpha value is -0.160. The van der Waals surface area contributed by atoms with Gasteiger partial charge < -0.3 is 14.8 Å². The second kappa shape index (κ2) is 9.09. The van der Waals surface area contributed by atoms with Crippen molar-refractivity contribution in [1.82, 2.24) is 10.2 Å². The van der Waals surface area contributed by atoms with Crippen LogP contribution in [0.4, 0.5) is 0 Å². The zero-order valence-electron chi connectivity index (χ0n) is 14.0.